The van der Waals surface area contributed by atoms with E-state index in [-0.39, 0.29) is 0 Å². The third kappa shape index (κ3) is 3.44. The zero-order chi connectivity index (χ0) is 10.5. The van der Waals surface area contributed by atoms with E-state index in [0.29, 0.717) is 0 Å². The Morgan fingerprint density at radius 1 is 1.27 bits per heavy atom. The highest BCUT2D eigenvalue weighted by molar-refractivity contribution is 4.79. The largest absolute Gasteiger partial charge is 0.314 e. The molecule has 0 bridgehead atoms. The molecule has 3 nitrogen and oxygen atoms in total. The van der Waals surface area contributed by atoms with Crippen molar-refractivity contribution in [1.82, 2.24) is 15.5 Å². The fourth-order valence-corrected chi connectivity index (χ4v) is 2.71. The van der Waals surface area contributed by atoms with Crippen LogP contribution in [0.25, 0.3) is 0 Å². The second-order valence-electron chi connectivity index (χ2n) is 5.02. The summed E-state index contributed by atoms with van der Waals surface area (Å²) in [5.74, 6) is 0. The molecule has 2 saturated heterocycles. The molecule has 0 aromatic rings. The molecular weight excluding hydrogens is 186 g/mol. The summed E-state index contributed by atoms with van der Waals surface area (Å²) in [6.45, 7) is 8.41. The van der Waals surface area contributed by atoms with E-state index < -0.39 is 0 Å². The van der Waals surface area contributed by atoms with Crippen LogP contribution in [0.2, 0.25) is 0 Å². The van der Waals surface area contributed by atoms with E-state index in [0.717, 1.165) is 18.6 Å². The first-order chi connectivity index (χ1) is 7.36. The normalized spacial score (nSPS) is 34.2. The van der Waals surface area contributed by atoms with Gasteiger partial charge < -0.3 is 10.6 Å². The predicted molar refractivity (Wildman–Crippen MR) is 64.2 cm³/mol. The molecule has 0 aromatic heterocycles. The van der Waals surface area contributed by atoms with Crippen molar-refractivity contribution in [3.05, 3.63) is 0 Å². The molecule has 0 spiro atoms. The highest BCUT2D eigenvalue weighted by Gasteiger charge is 2.19. The van der Waals surface area contributed by atoms with Gasteiger partial charge in [-0.3, -0.25) is 4.90 Å². The maximum atomic E-state index is 3.63. The van der Waals surface area contributed by atoms with E-state index in [4.69, 9.17) is 0 Å². The Balaban J connectivity index is 1.67. The lowest BCUT2D eigenvalue weighted by atomic mass is 10.0. The first-order valence-electron chi connectivity index (χ1n) is 6.54. The number of piperidine rings is 1. The first-order valence-corrected chi connectivity index (χ1v) is 6.54. The van der Waals surface area contributed by atoms with Gasteiger partial charge in [-0.05, 0) is 39.3 Å². The van der Waals surface area contributed by atoms with Gasteiger partial charge in [0.05, 0.1) is 0 Å². The van der Waals surface area contributed by atoms with Crippen molar-refractivity contribution in [1.29, 1.82) is 0 Å². The van der Waals surface area contributed by atoms with E-state index in [1.54, 1.807) is 0 Å². The summed E-state index contributed by atoms with van der Waals surface area (Å²) >= 11 is 0. The molecule has 2 rings (SSSR count). The van der Waals surface area contributed by atoms with Gasteiger partial charge in [0.2, 0.25) is 0 Å². The van der Waals surface area contributed by atoms with Gasteiger partial charge in [-0.15, -0.1) is 0 Å². The summed E-state index contributed by atoms with van der Waals surface area (Å²) in [6.07, 6.45) is 5.53. The number of hydrogen-bond acceptors (Lipinski definition) is 3. The van der Waals surface area contributed by atoms with Crippen LogP contribution in [0, 0.1) is 0 Å². The molecule has 2 heterocycles. The number of nitrogens with zero attached hydrogens (tertiary/aromatic N) is 1. The number of hydrogen-bond donors (Lipinski definition) is 2. The minimum Gasteiger partial charge on any atom is -0.314 e. The van der Waals surface area contributed by atoms with Crippen molar-refractivity contribution in [2.45, 2.75) is 44.7 Å². The summed E-state index contributed by atoms with van der Waals surface area (Å²) < 4.78 is 0. The van der Waals surface area contributed by atoms with Gasteiger partial charge in [0.25, 0.3) is 0 Å². The Morgan fingerprint density at radius 3 is 2.93 bits per heavy atom. The molecule has 0 saturated carbocycles. The van der Waals surface area contributed by atoms with E-state index in [2.05, 4.69) is 22.5 Å². The maximum absolute atomic E-state index is 3.63. The van der Waals surface area contributed by atoms with Crippen molar-refractivity contribution >= 4 is 0 Å². The lowest BCUT2D eigenvalue weighted by Crippen LogP contribution is -2.51. The van der Waals surface area contributed by atoms with Crippen molar-refractivity contribution < 1.29 is 0 Å². The lowest BCUT2D eigenvalue weighted by Gasteiger charge is -2.35. The first kappa shape index (κ1) is 11.4. The smallest absolute Gasteiger partial charge is 0.0192 e. The Labute approximate surface area is 93.6 Å². The van der Waals surface area contributed by atoms with E-state index in [9.17, 15) is 0 Å². The molecule has 2 atom stereocenters. The molecule has 2 N–H and O–H groups in total. The molecular formula is C12H25N3. The average molecular weight is 211 g/mol. The van der Waals surface area contributed by atoms with Crippen LogP contribution in [0.1, 0.15) is 32.6 Å². The third-order valence-electron chi connectivity index (χ3n) is 3.82. The van der Waals surface area contributed by atoms with Gasteiger partial charge in [0.15, 0.2) is 0 Å². The zero-order valence-corrected chi connectivity index (χ0v) is 9.97. The fourth-order valence-electron chi connectivity index (χ4n) is 2.71. The van der Waals surface area contributed by atoms with Crippen LogP contribution in [0.4, 0.5) is 0 Å². The van der Waals surface area contributed by atoms with Crippen LogP contribution < -0.4 is 10.6 Å². The molecule has 2 unspecified atom stereocenters. The summed E-state index contributed by atoms with van der Waals surface area (Å²) in [4.78, 5) is 2.63. The minimum atomic E-state index is 0.724. The molecule has 15 heavy (non-hydrogen) atoms. The monoisotopic (exact) mass is 211 g/mol. The van der Waals surface area contributed by atoms with E-state index in [1.807, 2.05) is 0 Å². The average Bonchev–Trinajstić information content (AvgIpc) is 2.29. The summed E-state index contributed by atoms with van der Waals surface area (Å²) in [7, 11) is 0. The summed E-state index contributed by atoms with van der Waals surface area (Å²) in [6, 6.07) is 1.52. The van der Waals surface area contributed by atoms with Gasteiger partial charge in [-0.2, -0.15) is 0 Å². The molecule has 88 valence electrons. The van der Waals surface area contributed by atoms with Crippen LogP contribution in [0.15, 0.2) is 0 Å². The SMILES string of the molecule is CC1CNCCN1CCC1CCCCN1. The van der Waals surface area contributed by atoms with Crippen molar-refractivity contribution in [3.8, 4) is 0 Å². The van der Waals surface area contributed by atoms with Gasteiger partial charge in [-0.25, -0.2) is 0 Å². The number of piperazine rings is 1. The van der Waals surface area contributed by atoms with Crippen LogP contribution in [0.3, 0.4) is 0 Å². The van der Waals surface area contributed by atoms with Gasteiger partial charge >= 0.3 is 0 Å². The summed E-state index contributed by atoms with van der Waals surface area (Å²) in [5, 5.41) is 7.08. The second kappa shape index (κ2) is 5.83. The fraction of sp³-hybridized carbons (Fsp3) is 1.00. The lowest BCUT2D eigenvalue weighted by molar-refractivity contribution is 0.162. The van der Waals surface area contributed by atoms with E-state index in [1.165, 1.54) is 51.9 Å². The van der Waals surface area contributed by atoms with Gasteiger partial charge in [-0.1, -0.05) is 6.42 Å². The Hall–Kier alpha value is -0.120. The second-order valence-corrected chi connectivity index (χ2v) is 5.02. The number of rotatable bonds is 3. The summed E-state index contributed by atoms with van der Waals surface area (Å²) in [5.41, 5.74) is 0. The molecule has 3 heteroatoms. The Bertz CT molecular complexity index is 178. The van der Waals surface area contributed by atoms with E-state index >= 15 is 0 Å². The Morgan fingerprint density at radius 2 is 2.20 bits per heavy atom. The number of nitrogens with one attached hydrogen (secondary N) is 2. The van der Waals surface area contributed by atoms with Crippen LogP contribution in [0.5, 0.6) is 0 Å². The maximum Gasteiger partial charge on any atom is 0.0192 e. The minimum absolute atomic E-state index is 0.724. The molecule has 0 aromatic carbocycles. The molecule has 2 aliphatic rings. The molecule has 0 aliphatic carbocycles. The predicted octanol–water partition coefficient (Wildman–Crippen LogP) is 0.812. The third-order valence-corrected chi connectivity index (χ3v) is 3.82. The van der Waals surface area contributed by atoms with Crippen molar-refractivity contribution in [3.63, 3.8) is 0 Å². The Kier molecular flexibility index (Phi) is 4.42. The highest BCUT2D eigenvalue weighted by atomic mass is 15.2. The highest BCUT2D eigenvalue weighted by Crippen LogP contribution is 2.12. The molecule has 0 radical (unpaired) electrons. The van der Waals surface area contributed by atoms with Crippen LogP contribution in [-0.4, -0.2) is 49.7 Å². The molecule has 2 fully saturated rings. The quantitative estimate of drug-likeness (QED) is 0.723. The molecule has 0 amide bonds. The zero-order valence-electron chi connectivity index (χ0n) is 9.97. The van der Waals surface area contributed by atoms with Crippen LogP contribution >= 0.6 is 0 Å². The van der Waals surface area contributed by atoms with Crippen LogP contribution in [-0.2, 0) is 0 Å². The van der Waals surface area contributed by atoms with Gasteiger partial charge in [0, 0.05) is 31.7 Å². The van der Waals surface area contributed by atoms with Crippen molar-refractivity contribution in [2.75, 3.05) is 32.7 Å². The van der Waals surface area contributed by atoms with Crippen molar-refractivity contribution in [2.24, 2.45) is 0 Å². The van der Waals surface area contributed by atoms with Gasteiger partial charge in [0.1, 0.15) is 0 Å². The standard InChI is InChI=1S/C12H25N3/c1-11-10-13-7-9-15(11)8-5-12-4-2-3-6-14-12/h11-14H,2-10H2,1H3. The molecule has 2 aliphatic heterocycles. The topological polar surface area (TPSA) is 27.3 Å².